The lowest BCUT2D eigenvalue weighted by Gasteiger charge is -2.34. The summed E-state index contributed by atoms with van der Waals surface area (Å²) in [5.41, 5.74) is -0.0791. The van der Waals surface area contributed by atoms with Gasteiger partial charge in [-0.25, -0.2) is 4.98 Å². The first-order chi connectivity index (χ1) is 12.1. The van der Waals surface area contributed by atoms with Crippen LogP contribution in [-0.4, -0.2) is 36.7 Å². The van der Waals surface area contributed by atoms with Gasteiger partial charge in [0.1, 0.15) is 11.4 Å². The van der Waals surface area contributed by atoms with Gasteiger partial charge in [0.2, 0.25) is 5.88 Å². The van der Waals surface area contributed by atoms with E-state index in [-0.39, 0.29) is 30.7 Å². The van der Waals surface area contributed by atoms with Gasteiger partial charge >= 0.3 is 0 Å². The molecule has 2 N–H and O–H groups in total. The third-order valence-electron chi connectivity index (χ3n) is 4.25. The minimum atomic E-state index is -0.770. The molecule has 1 aromatic carbocycles. The molecule has 0 spiro atoms. The summed E-state index contributed by atoms with van der Waals surface area (Å²) in [6, 6.07) is 10.5. The molecule has 0 atom stereocenters. The Labute approximate surface area is 175 Å². The van der Waals surface area contributed by atoms with E-state index in [0.717, 1.165) is 13.1 Å². The fourth-order valence-corrected chi connectivity index (χ4v) is 2.86. The maximum Gasteiger partial charge on any atom is 0.256 e. The van der Waals surface area contributed by atoms with Crippen LogP contribution in [0.15, 0.2) is 42.6 Å². The number of pyridine rings is 1. The minimum absolute atomic E-state index is 0. The van der Waals surface area contributed by atoms with Crippen molar-refractivity contribution in [3.8, 4) is 11.6 Å². The Balaban J connectivity index is 0.00000182. The Kier molecular flexibility index (Phi) is 9.29. The monoisotopic (exact) mass is 433 g/mol. The maximum absolute atomic E-state index is 12.6. The maximum atomic E-state index is 12.6. The van der Waals surface area contributed by atoms with Crippen molar-refractivity contribution in [2.75, 3.05) is 25.5 Å². The topological polar surface area (TPSA) is 72.5 Å². The summed E-state index contributed by atoms with van der Waals surface area (Å²) in [6.07, 6.45) is 2.83. The molecule has 1 aromatic heterocycles. The number of nitrogens with one attached hydrogen (secondary N) is 2. The van der Waals surface area contributed by atoms with Crippen molar-refractivity contribution in [3.05, 3.63) is 47.6 Å². The van der Waals surface area contributed by atoms with E-state index in [1.807, 2.05) is 0 Å². The number of hydrogen-bond acceptors (Lipinski definition) is 5. The van der Waals surface area contributed by atoms with Crippen LogP contribution in [-0.2, 0) is 9.53 Å². The van der Waals surface area contributed by atoms with E-state index in [2.05, 4.69) is 15.6 Å². The number of amides is 1. The Bertz CT molecular complexity index is 721. The molecule has 148 valence electrons. The SMILES string of the molecule is COC1(C(=O)Nc2ccc(Oc3ccc(Cl)cn3)cc2)CCNCC1.Cl.Cl. The van der Waals surface area contributed by atoms with E-state index >= 15 is 0 Å². The van der Waals surface area contributed by atoms with Crippen LogP contribution in [0.4, 0.5) is 5.69 Å². The van der Waals surface area contributed by atoms with Crippen LogP contribution in [0.5, 0.6) is 11.6 Å². The molecule has 0 saturated carbocycles. The molecular weight excluding hydrogens is 413 g/mol. The number of carbonyl (C=O) groups is 1. The predicted molar refractivity (Wildman–Crippen MR) is 111 cm³/mol. The molecule has 1 aliphatic rings. The largest absolute Gasteiger partial charge is 0.439 e. The third-order valence-corrected chi connectivity index (χ3v) is 4.47. The van der Waals surface area contributed by atoms with Crippen molar-refractivity contribution in [1.29, 1.82) is 0 Å². The van der Waals surface area contributed by atoms with Crippen LogP contribution < -0.4 is 15.4 Å². The lowest BCUT2D eigenvalue weighted by Crippen LogP contribution is -2.51. The van der Waals surface area contributed by atoms with Crippen molar-refractivity contribution >= 4 is 48.0 Å². The molecule has 0 unspecified atom stereocenters. The van der Waals surface area contributed by atoms with Crippen molar-refractivity contribution < 1.29 is 14.3 Å². The van der Waals surface area contributed by atoms with Crippen LogP contribution in [0.25, 0.3) is 0 Å². The summed E-state index contributed by atoms with van der Waals surface area (Å²) in [7, 11) is 1.58. The summed E-state index contributed by atoms with van der Waals surface area (Å²) < 4.78 is 11.2. The molecule has 1 saturated heterocycles. The molecular formula is C18H22Cl3N3O3. The highest BCUT2D eigenvalue weighted by Gasteiger charge is 2.39. The Morgan fingerprint density at radius 1 is 1.15 bits per heavy atom. The third kappa shape index (κ3) is 5.96. The van der Waals surface area contributed by atoms with Crippen LogP contribution in [0.3, 0.4) is 0 Å². The molecule has 9 heteroatoms. The molecule has 2 aromatic rings. The average Bonchev–Trinajstić information content (AvgIpc) is 2.65. The van der Waals surface area contributed by atoms with Crippen molar-refractivity contribution in [2.24, 2.45) is 0 Å². The molecule has 1 fully saturated rings. The number of aromatic nitrogens is 1. The van der Waals surface area contributed by atoms with Gasteiger partial charge < -0.3 is 20.1 Å². The van der Waals surface area contributed by atoms with Crippen LogP contribution in [0.1, 0.15) is 12.8 Å². The first-order valence-corrected chi connectivity index (χ1v) is 8.46. The van der Waals surface area contributed by atoms with Crippen LogP contribution >= 0.6 is 36.4 Å². The molecule has 2 heterocycles. The van der Waals surface area contributed by atoms with E-state index in [1.54, 1.807) is 43.5 Å². The summed E-state index contributed by atoms with van der Waals surface area (Å²) in [5, 5.41) is 6.71. The zero-order valence-electron chi connectivity index (χ0n) is 14.7. The molecule has 0 radical (unpaired) electrons. The van der Waals surface area contributed by atoms with Gasteiger partial charge in [-0.3, -0.25) is 4.79 Å². The number of halogens is 3. The van der Waals surface area contributed by atoms with Gasteiger partial charge in [0.05, 0.1) is 5.02 Å². The number of benzene rings is 1. The van der Waals surface area contributed by atoms with E-state index < -0.39 is 5.60 Å². The van der Waals surface area contributed by atoms with E-state index in [9.17, 15) is 4.79 Å². The van der Waals surface area contributed by atoms with Gasteiger partial charge in [-0.1, -0.05) is 11.6 Å². The van der Waals surface area contributed by atoms with Crippen LogP contribution in [0.2, 0.25) is 5.02 Å². The first-order valence-electron chi connectivity index (χ1n) is 8.08. The number of nitrogens with zero attached hydrogens (tertiary/aromatic N) is 1. The highest BCUT2D eigenvalue weighted by molar-refractivity contribution is 6.30. The number of ether oxygens (including phenoxy) is 2. The Morgan fingerprint density at radius 3 is 2.37 bits per heavy atom. The first kappa shape index (κ1) is 23.5. The molecule has 3 rings (SSSR count). The van der Waals surface area contributed by atoms with Gasteiger partial charge in [-0.15, -0.1) is 24.8 Å². The van der Waals surface area contributed by atoms with Gasteiger partial charge in [-0.2, -0.15) is 0 Å². The lowest BCUT2D eigenvalue weighted by molar-refractivity contribution is -0.140. The average molecular weight is 435 g/mol. The second kappa shape index (κ2) is 10.7. The van der Waals surface area contributed by atoms with Gasteiger partial charge in [0.15, 0.2) is 0 Å². The number of carbonyl (C=O) groups excluding carboxylic acids is 1. The molecule has 1 aliphatic heterocycles. The van der Waals surface area contributed by atoms with Gasteiger partial charge in [-0.05, 0) is 56.3 Å². The van der Waals surface area contributed by atoms with Crippen molar-refractivity contribution in [2.45, 2.75) is 18.4 Å². The zero-order valence-corrected chi connectivity index (χ0v) is 17.1. The van der Waals surface area contributed by atoms with Crippen LogP contribution in [0, 0.1) is 0 Å². The molecule has 6 nitrogen and oxygen atoms in total. The fraction of sp³-hybridized carbons (Fsp3) is 0.333. The minimum Gasteiger partial charge on any atom is -0.439 e. The van der Waals surface area contributed by atoms with E-state index in [1.165, 1.54) is 6.20 Å². The van der Waals surface area contributed by atoms with Crippen molar-refractivity contribution in [1.82, 2.24) is 10.3 Å². The summed E-state index contributed by atoms with van der Waals surface area (Å²) in [4.78, 5) is 16.7. The smallest absolute Gasteiger partial charge is 0.256 e. The second-order valence-corrected chi connectivity index (χ2v) is 6.28. The standard InChI is InChI=1S/C18H20ClN3O3.2ClH/c1-24-18(8-10-20-11-9-18)17(23)22-14-3-5-15(6-4-14)25-16-7-2-13(19)12-21-16;;/h2-7,12,20H,8-11H2,1H3,(H,22,23);2*1H. The van der Waals surface area contributed by atoms with Gasteiger partial charge in [0.25, 0.3) is 5.91 Å². The predicted octanol–water partition coefficient (Wildman–Crippen LogP) is 4.08. The number of anilines is 1. The number of rotatable bonds is 5. The second-order valence-electron chi connectivity index (χ2n) is 5.84. The summed E-state index contributed by atoms with van der Waals surface area (Å²) >= 11 is 5.80. The highest BCUT2D eigenvalue weighted by Crippen LogP contribution is 2.26. The lowest BCUT2D eigenvalue weighted by atomic mass is 9.91. The molecule has 1 amide bonds. The molecule has 0 bridgehead atoms. The number of methoxy groups -OCH3 is 1. The van der Waals surface area contributed by atoms with E-state index in [0.29, 0.717) is 35.2 Å². The highest BCUT2D eigenvalue weighted by atomic mass is 35.5. The number of hydrogen-bond donors (Lipinski definition) is 2. The quantitative estimate of drug-likeness (QED) is 0.742. The Morgan fingerprint density at radius 2 is 1.81 bits per heavy atom. The van der Waals surface area contributed by atoms with Gasteiger partial charge in [0, 0.05) is 25.1 Å². The Hall–Kier alpha value is -1.57. The molecule has 0 aliphatic carbocycles. The zero-order chi connectivity index (χ0) is 17.7. The summed E-state index contributed by atoms with van der Waals surface area (Å²) in [6.45, 7) is 1.53. The number of piperidine rings is 1. The van der Waals surface area contributed by atoms with Crippen molar-refractivity contribution in [3.63, 3.8) is 0 Å². The molecule has 27 heavy (non-hydrogen) atoms. The normalized spacial score (nSPS) is 15.0. The summed E-state index contributed by atoms with van der Waals surface area (Å²) in [5.74, 6) is 0.954. The van der Waals surface area contributed by atoms with E-state index in [4.69, 9.17) is 21.1 Å². The fourth-order valence-electron chi connectivity index (χ4n) is 2.75.